The summed E-state index contributed by atoms with van der Waals surface area (Å²) in [7, 11) is 1.32. The first-order valence-corrected chi connectivity index (χ1v) is 11.0. The van der Waals surface area contributed by atoms with Crippen molar-refractivity contribution < 1.29 is 29.0 Å². The molecule has 0 spiro atoms. The Balaban J connectivity index is 2.41. The summed E-state index contributed by atoms with van der Waals surface area (Å²) in [6.45, 7) is 6.57. The summed E-state index contributed by atoms with van der Waals surface area (Å²) in [6, 6.07) is 0.0847. The van der Waals surface area contributed by atoms with Crippen molar-refractivity contribution in [3.63, 3.8) is 0 Å². The van der Waals surface area contributed by atoms with Gasteiger partial charge in [0.2, 0.25) is 11.8 Å². The molecule has 0 saturated carbocycles. The lowest BCUT2D eigenvalue weighted by Gasteiger charge is -2.32. The lowest BCUT2D eigenvalue weighted by molar-refractivity contribution is -0.142. The van der Waals surface area contributed by atoms with Crippen molar-refractivity contribution in [2.75, 3.05) is 79.1 Å². The molecule has 1 aliphatic heterocycles. The average molecular weight is 459 g/mol. The third kappa shape index (κ3) is 12.5. The second kappa shape index (κ2) is 15.5. The van der Waals surface area contributed by atoms with Gasteiger partial charge in [0, 0.05) is 45.3 Å². The Labute approximate surface area is 189 Å². The average Bonchev–Trinajstić information content (AvgIpc) is 2.74. The van der Waals surface area contributed by atoms with E-state index in [9.17, 15) is 19.2 Å². The van der Waals surface area contributed by atoms with Gasteiger partial charge in [-0.3, -0.25) is 33.9 Å². The number of amides is 2. The van der Waals surface area contributed by atoms with Gasteiger partial charge in [-0.25, -0.2) is 0 Å². The number of carboxylic acids is 1. The Morgan fingerprint density at radius 2 is 1.75 bits per heavy atom. The van der Waals surface area contributed by atoms with Crippen LogP contribution in [0.4, 0.5) is 0 Å². The molecule has 0 radical (unpaired) electrons. The minimum absolute atomic E-state index is 0.0529. The van der Waals surface area contributed by atoms with Gasteiger partial charge in [-0.15, -0.1) is 0 Å². The number of likely N-dealkylation sites (tertiary alicyclic amines) is 1. The molecule has 5 N–H and O–H groups in total. The van der Waals surface area contributed by atoms with Crippen molar-refractivity contribution in [2.45, 2.75) is 25.8 Å². The van der Waals surface area contributed by atoms with E-state index >= 15 is 0 Å². The highest BCUT2D eigenvalue weighted by molar-refractivity contribution is 5.78. The molecule has 184 valence electrons. The number of carboxylic acid groups (broad SMARTS) is 1. The maximum atomic E-state index is 12.5. The van der Waals surface area contributed by atoms with E-state index in [4.69, 9.17) is 15.6 Å². The van der Waals surface area contributed by atoms with Crippen LogP contribution in [0.2, 0.25) is 0 Å². The van der Waals surface area contributed by atoms with Gasteiger partial charge < -0.3 is 26.2 Å². The van der Waals surface area contributed by atoms with Gasteiger partial charge in [-0.1, -0.05) is 6.92 Å². The topological polar surface area (TPSA) is 158 Å². The minimum Gasteiger partial charge on any atom is -0.480 e. The van der Waals surface area contributed by atoms with Crippen molar-refractivity contribution in [3.05, 3.63) is 0 Å². The number of hydrogen-bond donors (Lipinski definition) is 4. The molecule has 1 rings (SSSR count). The maximum absolute atomic E-state index is 12.5. The lowest BCUT2D eigenvalue weighted by atomic mass is 10.0. The van der Waals surface area contributed by atoms with E-state index in [2.05, 4.69) is 10.6 Å². The summed E-state index contributed by atoms with van der Waals surface area (Å²) < 4.78 is 4.73. The second-order valence-corrected chi connectivity index (χ2v) is 7.88. The van der Waals surface area contributed by atoms with Gasteiger partial charge in [-0.05, 0) is 19.4 Å². The number of rotatable bonds is 16. The number of nitrogens with zero attached hydrogens (tertiary/aromatic N) is 3. The van der Waals surface area contributed by atoms with Gasteiger partial charge in [-0.2, -0.15) is 0 Å². The molecule has 1 heterocycles. The quantitative estimate of drug-likeness (QED) is 0.144. The van der Waals surface area contributed by atoms with Crippen LogP contribution in [0.1, 0.15) is 19.8 Å². The van der Waals surface area contributed by atoms with Crippen LogP contribution < -0.4 is 16.4 Å². The molecule has 12 heteroatoms. The Bertz CT molecular complexity index is 611. The van der Waals surface area contributed by atoms with Crippen LogP contribution in [0, 0.1) is 0 Å². The number of nitrogens with two attached hydrogens (primary N) is 1. The molecule has 0 atom stereocenters. The second-order valence-electron chi connectivity index (χ2n) is 7.88. The summed E-state index contributed by atoms with van der Waals surface area (Å²) in [6.07, 6.45) is 1.56. The number of primary amides is 1. The van der Waals surface area contributed by atoms with E-state index in [1.807, 2.05) is 21.6 Å². The van der Waals surface area contributed by atoms with Crippen LogP contribution in [0.15, 0.2) is 0 Å². The molecule has 1 saturated heterocycles. The fourth-order valence-electron chi connectivity index (χ4n) is 3.51. The summed E-state index contributed by atoms with van der Waals surface area (Å²) in [5, 5.41) is 14.6. The van der Waals surface area contributed by atoms with Crippen LogP contribution in [-0.4, -0.2) is 129 Å². The van der Waals surface area contributed by atoms with Crippen molar-refractivity contribution in [1.82, 2.24) is 25.3 Å². The standard InChI is InChI=1S/C20H38N6O6/c1-3-24(10-11-26(15-20(31)32-2)9-6-22-12-19(29)30)14-18(28)23-16-4-7-25(8-5-16)13-17(21)27/h16,22H,3-15H2,1-2H3,(H2,21,27)(H,23,28)(H,29,30). The highest BCUT2D eigenvalue weighted by Gasteiger charge is 2.22. The predicted octanol–water partition coefficient (Wildman–Crippen LogP) is -2.48. The highest BCUT2D eigenvalue weighted by atomic mass is 16.5. The third-order valence-electron chi connectivity index (χ3n) is 5.34. The first kappa shape index (κ1) is 27.8. The largest absolute Gasteiger partial charge is 0.480 e. The van der Waals surface area contributed by atoms with Gasteiger partial charge in [0.05, 0.1) is 33.3 Å². The summed E-state index contributed by atoms with van der Waals surface area (Å²) >= 11 is 0. The van der Waals surface area contributed by atoms with Crippen LogP contribution in [0.25, 0.3) is 0 Å². The Morgan fingerprint density at radius 1 is 1.09 bits per heavy atom. The zero-order chi connectivity index (χ0) is 23.9. The number of methoxy groups -OCH3 is 1. The Kier molecular flexibility index (Phi) is 13.5. The van der Waals surface area contributed by atoms with E-state index in [0.717, 1.165) is 25.9 Å². The number of aliphatic carboxylic acids is 1. The Morgan fingerprint density at radius 3 is 2.31 bits per heavy atom. The van der Waals surface area contributed by atoms with Gasteiger partial charge in [0.25, 0.3) is 0 Å². The molecular formula is C20H38N6O6. The van der Waals surface area contributed by atoms with Crippen LogP contribution in [0.3, 0.4) is 0 Å². The number of carbonyl (C=O) groups is 4. The number of carbonyl (C=O) groups excluding carboxylic acids is 3. The fourth-order valence-corrected chi connectivity index (χ4v) is 3.51. The predicted molar refractivity (Wildman–Crippen MR) is 118 cm³/mol. The highest BCUT2D eigenvalue weighted by Crippen LogP contribution is 2.09. The first-order valence-electron chi connectivity index (χ1n) is 11.0. The van der Waals surface area contributed by atoms with E-state index in [1.165, 1.54) is 7.11 Å². The number of esters is 1. The fraction of sp³-hybridized carbons (Fsp3) is 0.800. The molecule has 0 aromatic heterocycles. The van der Waals surface area contributed by atoms with Crippen molar-refractivity contribution >= 4 is 23.8 Å². The Hall–Kier alpha value is -2.28. The molecular weight excluding hydrogens is 420 g/mol. The molecule has 1 fully saturated rings. The summed E-state index contributed by atoms with van der Waals surface area (Å²) in [4.78, 5) is 51.6. The van der Waals surface area contributed by atoms with E-state index in [0.29, 0.717) is 32.7 Å². The van der Waals surface area contributed by atoms with E-state index in [-0.39, 0.29) is 50.0 Å². The number of hydrogen-bond acceptors (Lipinski definition) is 9. The number of ether oxygens (including phenoxy) is 1. The van der Waals surface area contributed by atoms with Gasteiger partial charge in [0.15, 0.2) is 0 Å². The van der Waals surface area contributed by atoms with Crippen molar-refractivity contribution in [1.29, 1.82) is 0 Å². The monoisotopic (exact) mass is 458 g/mol. The van der Waals surface area contributed by atoms with Crippen molar-refractivity contribution in [3.8, 4) is 0 Å². The molecule has 1 aliphatic rings. The minimum atomic E-state index is -0.939. The molecule has 0 aromatic carbocycles. The molecule has 0 aliphatic carbocycles. The summed E-state index contributed by atoms with van der Waals surface area (Å²) in [5.74, 6) is -1.70. The first-order chi connectivity index (χ1) is 15.2. The maximum Gasteiger partial charge on any atom is 0.319 e. The number of piperidine rings is 1. The van der Waals surface area contributed by atoms with Crippen LogP contribution in [-0.2, 0) is 23.9 Å². The molecule has 0 aromatic rings. The third-order valence-corrected chi connectivity index (χ3v) is 5.34. The molecule has 2 amide bonds. The smallest absolute Gasteiger partial charge is 0.319 e. The van der Waals surface area contributed by atoms with Gasteiger partial charge >= 0.3 is 11.9 Å². The SMILES string of the molecule is CCN(CCN(CCNCC(=O)O)CC(=O)OC)CC(=O)NC1CCN(CC(N)=O)CC1. The molecule has 0 unspecified atom stereocenters. The van der Waals surface area contributed by atoms with Crippen molar-refractivity contribution in [2.24, 2.45) is 5.73 Å². The zero-order valence-corrected chi connectivity index (χ0v) is 19.2. The van der Waals surface area contributed by atoms with E-state index < -0.39 is 5.97 Å². The lowest BCUT2D eigenvalue weighted by Crippen LogP contribution is -2.49. The molecule has 32 heavy (non-hydrogen) atoms. The normalized spacial score (nSPS) is 15.1. The number of nitrogens with one attached hydrogen (secondary N) is 2. The number of likely N-dealkylation sites (N-methyl/N-ethyl adjacent to an activating group) is 1. The zero-order valence-electron chi connectivity index (χ0n) is 19.2. The van der Waals surface area contributed by atoms with E-state index in [1.54, 1.807) is 0 Å². The van der Waals surface area contributed by atoms with Gasteiger partial charge in [0.1, 0.15) is 0 Å². The van der Waals surface area contributed by atoms with Crippen LogP contribution in [0.5, 0.6) is 0 Å². The summed E-state index contributed by atoms with van der Waals surface area (Å²) in [5.41, 5.74) is 5.23. The molecule has 0 bridgehead atoms. The van der Waals surface area contributed by atoms with Crippen LogP contribution >= 0.6 is 0 Å². The molecule has 12 nitrogen and oxygen atoms in total.